The number of aromatic nitrogens is 2. The molecule has 3 rings (SSSR count). The Morgan fingerprint density at radius 2 is 2.19 bits per heavy atom. The van der Waals surface area contributed by atoms with Crippen molar-refractivity contribution in [3.8, 4) is 0 Å². The van der Waals surface area contributed by atoms with E-state index in [2.05, 4.69) is 5.10 Å². The molecule has 0 aliphatic heterocycles. The van der Waals surface area contributed by atoms with Gasteiger partial charge < -0.3 is 10.1 Å². The standard InChI is InChI=1S/C11H11N3O2/c15-14(16)11-9-3-1-2-4-10(9)13(12-11)7-8-5-6-8/h1-4,8H,5-7H2. The Kier molecular flexibility index (Phi) is 1.92. The molecule has 0 N–H and O–H groups in total. The lowest BCUT2D eigenvalue weighted by Gasteiger charge is -1.94. The van der Waals surface area contributed by atoms with Crippen molar-refractivity contribution in [2.24, 2.45) is 5.92 Å². The molecule has 1 saturated carbocycles. The molecule has 5 heteroatoms. The van der Waals surface area contributed by atoms with Gasteiger partial charge >= 0.3 is 5.82 Å². The van der Waals surface area contributed by atoms with Gasteiger partial charge in [-0.2, -0.15) is 4.68 Å². The Morgan fingerprint density at radius 3 is 2.88 bits per heavy atom. The number of hydrogen-bond donors (Lipinski definition) is 0. The predicted molar refractivity (Wildman–Crippen MR) is 59.1 cm³/mol. The van der Waals surface area contributed by atoms with Gasteiger partial charge in [0.2, 0.25) is 0 Å². The molecular formula is C11H11N3O2. The molecule has 0 bridgehead atoms. The molecular weight excluding hydrogens is 206 g/mol. The summed E-state index contributed by atoms with van der Waals surface area (Å²) in [5.41, 5.74) is 0.862. The van der Waals surface area contributed by atoms with Gasteiger partial charge in [0.1, 0.15) is 5.39 Å². The van der Waals surface area contributed by atoms with Gasteiger partial charge in [-0.15, -0.1) is 0 Å². The fourth-order valence-corrected chi connectivity index (χ4v) is 1.93. The minimum Gasteiger partial charge on any atom is -0.358 e. The summed E-state index contributed by atoms with van der Waals surface area (Å²) in [6, 6.07) is 7.33. The monoisotopic (exact) mass is 217 g/mol. The van der Waals surface area contributed by atoms with Crippen LogP contribution in [0, 0.1) is 16.0 Å². The molecule has 1 aromatic carbocycles. The van der Waals surface area contributed by atoms with Crippen LogP contribution in [0.25, 0.3) is 10.9 Å². The van der Waals surface area contributed by atoms with Gasteiger partial charge in [0, 0.05) is 0 Å². The van der Waals surface area contributed by atoms with E-state index < -0.39 is 4.92 Å². The first kappa shape index (κ1) is 9.33. The molecule has 1 fully saturated rings. The number of nitro groups is 1. The van der Waals surface area contributed by atoms with E-state index in [1.165, 1.54) is 12.8 Å². The molecule has 82 valence electrons. The number of hydrogen-bond acceptors (Lipinski definition) is 3. The minimum atomic E-state index is -0.411. The number of rotatable bonds is 3. The lowest BCUT2D eigenvalue weighted by Crippen LogP contribution is -2.02. The summed E-state index contributed by atoms with van der Waals surface area (Å²) in [5.74, 6) is 0.624. The van der Waals surface area contributed by atoms with Gasteiger partial charge in [-0.3, -0.25) is 0 Å². The first-order chi connectivity index (χ1) is 7.75. The van der Waals surface area contributed by atoms with Crippen LogP contribution >= 0.6 is 0 Å². The molecule has 0 atom stereocenters. The zero-order chi connectivity index (χ0) is 11.1. The fourth-order valence-electron chi connectivity index (χ4n) is 1.93. The Balaban J connectivity index is 2.15. The van der Waals surface area contributed by atoms with Crippen LogP contribution < -0.4 is 0 Å². The van der Waals surface area contributed by atoms with Crippen molar-refractivity contribution < 1.29 is 4.92 Å². The number of fused-ring (bicyclic) bond motifs is 1. The second-order valence-corrected chi connectivity index (χ2v) is 4.22. The van der Waals surface area contributed by atoms with E-state index in [1.807, 2.05) is 12.1 Å². The molecule has 1 aromatic heterocycles. The Labute approximate surface area is 91.8 Å². The normalized spacial score (nSPS) is 15.5. The minimum absolute atomic E-state index is 0.0312. The molecule has 1 aliphatic carbocycles. The lowest BCUT2D eigenvalue weighted by atomic mass is 10.2. The lowest BCUT2D eigenvalue weighted by molar-refractivity contribution is -0.388. The van der Waals surface area contributed by atoms with Gasteiger partial charge in [-0.25, -0.2) is 0 Å². The Bertz CT molecular complexity index is 557. The van der Waals surface area contributed by atoms with Crippen molar-refractivity contribution in [3.05, 3.63) is 34.4 Å². The van der Waals surface area contributed by atoms with Gasteiger partial charge in [-0.05, 0) is 35.8 Å². The van der Waals surface area contributed by atoms with Gasteiger partial charge in [-0.1, -0.05) is 12.1 Å². The van der Waals surface area contributed by atoms with Crippen molar-refractivity contribution in [2.75, 3.05) is 0 Å². The van der Waals surface area contributed by atoms with Crippen LogP contribution in [-0.4, -0.2) is 14.7 Å². The van der Waals surface area contributed by atoms with Gasteiger partial charge in [0.25, 0.3) is 0 Å². The summed E-state index contributed by atoms with van der Waals surface area (Å²) in [6.07, 6.45) is 2.42. The average Bonchev–Trinajstić information content (AvgIpc) is 3.00. The summed E-state index contributed by atoms with van der Waals surface area (Å²) in [5, 5.41) is 15.6. The number of nitrogens with zero attached hydrogens (tertiary/aromatic N) is 3. The van der Waals surface area contributed by atoms with Crippen LogP contribution in [0.3, 0.4) is 0 Å². The fraction of sp³-hybridized carbons (Fsp3) is 0.364. The second kappa shape index (κ2) is 3.30. The van der Waals surface area contributed by atoms with Crippen LogP contribution in [-0.2, 0) is 6.54 Å². The van der Waals surface area contributed by atoms with E-state index in [0.717, 1.165) is 12.1 Å². The number of para-hydroxylation sites is 1. The van der Waals surface area contributed by atoms with Crippen LogP contribution in [0.2, 0.25) is 0 Å². The largest absolute Gasteiger partial charge is 0.397 e. The molecule has 2 aromatic rings. The van der Waals surface area contributed by atoms with E-state index >= 15 is 0 Å². The highest BCUT2D eigenvalue weighted by atomic mass is 16.6. The van der Waals surface area contributed by atoms with Crippen LogP contribution in [0.5, 0.6) is 0 Å². The molecule has 0 saturated heterocycles. The first-order valence-electron chi connectivity index (χ1n) is 5.35. The van der Waals surface area contributed by atoms with Crippen LogP contribution in [0.4, 0.5) is 5.82 Å². The molecule has 0 spiro atoms. The van der Waals surface area contributed by atoms with Crippen LogP contribution in [0.1, 0.15) is 12.8 Å². The second-order valence-electron chi connectivity index (χ2n) is 4.22. The zero-order valence-corrected chi connectivity index (χ0v) is 8.67. The highest BCUT2D eigenvalue weighted by Crippen LogP contribution is 2.33. The quantitative estimate of drug-likeness (QED) is 0.585. The SMILES string of the molecule is O=[N+]([O-])c1nn(CC2CC2)c2ccccc12. The van der Waals surface area contributed by atoms with E-state index in [9.17, 15) is 10.1 Å². The predicted octanol–water partition coefficient (Wildman–Crippen LogP) is 2.35. The van der Waals surface area contributed by atoms with Crippen molar-refractivity contribution >= 4 is 16.7 Å². The van der Waals surface area contributed by atoms with Crippen molar-refractivity contribution in [2.45, 2.75) is 19.4 Å². The summed E-state index contributed by atoms with van der Waals surface area (Å²) >= 11 is 0. The third-order valence-corrected chi connectivity index (χ3v) is 2.94. The van der Waals surface area contributed by atoms with E-state index in [1.54, 1.807) is 16.8 Å². The number of benzene rings is 1. The zero-order valence-electron chi connectivity index (χ0n) is 8.67. The third-order valence-electron chi connectivity index (χ3n) is 2.94. The first-order valence-corrected chi connectivity index (χ1v) is 5.35. The maximum Gasteiger partial charge on any atom is 0.397 e. The molecule has 0 amide bonds. The summed E-state index contributed by atoms with van der Waals surface area (Å²) < 4.78 is 1.77. The van der Waals surface area contributed by atoms with E-state index in [4.69, 9.17) is 0 Å². The highest BCUT2D eigenvalue weighted by Gasteiger charge is 2.27. The molecule has 5 nitrogen and oxygen atoms in total. The van der Waals surface area contributed by atoms with Crippen molar-refractivity contribution in [1.29, 1.82) is 0 Å². The summed E-state index contributed by atoms with van der Waals surface area (Å²) in [6.45, 7) is 0.800. The van der Waals surface area contributed by atoms with Gasteiger partial charge in [0.05, 0.1) is 17.2 Å². The molecule has 0 radical (unpaired) electrons. The van der Waals surface area contributed by atoms with Gasteiger partial charge in [0.15, 0.2) is 0 Å². The van der Waals surface area contributed by atoms with Crippen molar-refractivity contribution in [1.82, 2.24) is 9.78 Å². The van der Waals surface area contributed by atoms with Crippen molar-refractivity contribution in [3.63, 3.8) is 0 Å². The van der Waals surface area contributed by atoms with Crippen LogP contribution in [0.15, 0.2) is 24.3 Å². The third kappa shape index (κ3) is 1.44. The molecule has 1 heterocycles. The average molecular weight is 217 g/mol. The Morgan fingerprint density at radius 1 is 1.44 bits per heavy atom. The van der Waals surface area contributed by atoms with E-state index in [-0.39, 0.29) is 5.82 Å². The summed E-state index contributed by atoms with van der Waals surface area (Å²) in [7, 11) is 0. The smallest absolute Gasteiger partial charge is 0.358 e. The molecule has 1 aliphatic rings. The summed E-state index contributed by atoms with van der Waals surface area (Å²) in [4.78, 5) is 10.4. The topological polar surface area (TPSA) is 61.0 Å². The maximum atomic E-state index is 10.9. The highest BCUT2D eigenvalue weighted by molar-refractivity contribution is 5.86. The molecule has 0 unspecified atom stereocenters. The van der Waals surface area contributed by atoms with E-state index in [0.29, 0.717) is 11.3 Å². The maximum absolute atomic E-state index is 10.9. The Hall–Kier alpha value is -1.91. The molecule has 16 heavy (non-hydrogen) atoms.